The lowest BCUT2D eigenvalue weighted by atomic mass is 10.1. The molecule has 5 heteroatoms. The number of carbonyl (C=O) groups excluding carboxylic acids is 2. The molecule has 1 fully saturated rings. The summed E-state index contributed by atoms with van der Waals surface area (Å²) in [6, 6.07) is 15.0. The molecule has 2 aliphatic rings. The molecule has 5 nitrogen and oxygen atoms in total. The number of para-hydroxylation sites is 1. The van der Waals surface area contributed by atoms with Gasteiger partial charge in [0.1, 0.15) is 11.9 Å². The molecule has 26 heavy (non-hydrogen) atoms. The number of ether oxygens (including phenoxy) is 1. The van der Waals surface area contributed by atoms with Gasteiger partial charge >= 0.3 is 0 Å². The van der Waals surface area contributed by atoms with Gasteiger partial charge in [-0.15, -0.1) is 0 Å². The average molecular weight is 350 g/mol. The van der Waals surface area contributed by atoms with Crippen molar-refractivity contribution in [2.75, 3.05) is 11.9 Å². The van der Waals surface area contributed by atoms with Crippen molar-refractivity contribution in [3.05, 3.63) is 59.7 Å². The molecule has 2 aromatic rings. The summed E-state index contributed by atoms with van der Waals surface area (Å²) in [6.07, 6.45) is 1.69. The molecule has 4 rings (SSSR count). The molecular weight excluding hydrogens is 328 g/mol. The summed E-state index contributed by atoms with van der Waals surface area (Å²) in [7, 11) is 0. The van der Waals surface area contributed by atoms with Gasteiger partial charge in [-0.05, 0) is 42.2 Å². The zero-order valence-electron chi connectivity index (χ0n) is 14.7. The molecule has 0 aromatic heterocycles. The van der Waals surface area contributed by atoms with Gasteiger partial charge < -0.3 is 15.4 Å². The fourth-order valence-electron chi connectivity index (χ4n) is 3.34. The second-order valence-electron chi connectivity index (χ2n) is 7.15. The number of rotatable bonds is 5. The molecular formula is C21H22N2O3. The van der Waals surface area contributed by atoms with Crippen LogP contribution in [-0.4, -0.2) is 24.5 Å². The van der Waals surface area contributed by atoms with E-state index in [1.54, 1.807) is 24.3 Å². The molecule has 0 radical (unpaired) electrons. The van der Waals surface area contributed by atoms with Gasteiger partial charge in [-0.2, -0.15) is 0 Å². The second kappa shape index (κ2) is 6.83. The zero-order chi connectivity index (χ0) is 18.1. The van der Waals surface area contributed by atoms with Gasteiger partial charge in [0.05, 0.1) is 6.54 Å². The van der Waals surface area contributed by atoms with Crippen LogP contribution in [0, 0.1) is 11.8 Å². The van der Waals surface area contributed by atoms with Crippen LogP contribution < -0.4 is 15.4 Å². The predicted molar refractivity (Wildman–Crippen MR) is 99.2 cm³/mol. The minimum atomic E-state index is -0.166. The molecule has 0 unspecified atom stereocenters. The van der Waals surface area contributed by atoms with Crippen molar-refractivity contribution in [1.82, 2.24) is 5.32 Å². The van der Waals surface area contributed by atoms with Gasteiger partial charge in [-0.1, -0.05) is 31.2 Å². The van der Waals surface area contributed by atoms with E-state index in [0.29, 0.717) is 23.7 Å². The van der Waals surface area contributed by atoms with Gasteiger partial charge in [0, 0.05) is 23.6 Å². The predicted octanol–water partition coefficient (Wildman–Crippen LogP) is 3.01. The Morgan fingerprint density at radius 2 is 1.96 bits per heavy atom. The van der Waals surface area contributed by atoms with E-state index in [4.69, 9.17) is 4.74 Å². The Labute approximate surface area is 152 Å². The van der Waals surface area contributed by atoms with E-state index in [1.807, 2.05) is 24.3 Å². The number of hydrogen-bond donors (Lipinski definition) is 2. The third-order valence-corrected chi connectivity index (χ3v) is 5.04. The number of amides is 2. The van der Waals surface area contributed by atoms with E-state index >= 15 is 0 Å². The Balaban J connectivity index is 1.32. The fraction of sp³-hybridized carbons (Fsp3) is 0.333. The van der Waals surface area contributed by atoms with E-state index in [-0.39, 0.29) is 23.8 Å². The number of benzene rings is 2. The summed E-state index contributed by atoms with van der Waals surface area (Å²) in [4.78, 5) is 24.5. The van der Waals surface area contributed by atoms with Gasteiger partial charge in [-0.3, -0.25) is 9.59 Å². The standard InChI is InChI=1S/C21H22N2O3/c1-13-9-18(13)21(25)23-16-7-4-6-15(10-16)20(24)22-12-17-11-14-5-2-3-8-19(14)26-17/h2-8,10,13,17-18H,9,11-12H2,1H3,(H,22,24)(H,23,25)/t13-,17-,18-/m1/s1. The summed E-state index contributed by atoms with van der Waals surface area (Å²) in [6.45, 7) is 2.52. The highest BCUT2D eigenvalue weighted by molar-refractivity contribution is 5.98. The van der Waals surface area contributed by atoms with Gasteiger partial charge in [0.15, 0.2) is 0 Å². The highest BCUT2D eigenvalue weighted by atomic mass is 16.5. The lowest BCUT2D eigenvalue weighted by Gasteiger charge is -2.12. The Hall–Kier alpha value is -2.82. The first-order valence-corrected chi connectivity index (χ1v) is 9.04. The molecule has 1 aliphatic carbocycles. The molecule has 2 aromatic carbocycles. The molecule has 1 heterocycles. The average Bonchev–Trinajstić information content (AvgIpc) is 3.23. The first-order valence-electron chi connectivity index (χ1n) is 9.04. The molecule has 0 bridgehead atoms. The van der Waals surface area contributed by atoms with Crippen LogP contribution in [0.2, 0.25) is 0 Å². The quantitative estimate of drug-likeness (QED) is 0.871. The number of fused-ring (bicyclic) bond motifs is 1. The highest BCUT2D eigenvalue weighted by Gasteiger charge is 2.39. The van der Waals surface area contributed by atoms with Crippen molar-refractivity contribution >= 4 is 17.5 Å². The van der Waals surface area contributed by atoms with Crippen LogP contribution >= 0.6 is 0 Å². The molecule has 0 saturated heterocycles. The Morgan fingerprint density at radius 1 is 1.15 bits per heavy atom. The van der Waals surface area contributed by atoms with E-state index in [9.17, 15) is 9.59 Å². The summed E-state index contributed by atoms with van der Waals surface area (Å²) in [5.74, 6) is 1.32. The summed E-state index contributed by atoms with van der Waals surface area (Å²) in [5.41, 5.74) is 2.36. The van der Waals surface area contributed by atoms with E-state index in [1.165, 1.54) is 5.56 Å². The normalized spacial score (nSPS) is 22.9. The number of nitrogens with one attached hydrogen (secondary N) is 2. The maximum atomic E-state index is 12.4. The van der Waals surface area contributed by atoms with Crippen molar-refractivity contribution in [2.45, 2.75) is 25.9 Å². The van der Waals surface area contributed by atoms with Crippen LogP contribution in [0.25, 0.3) is 0 Å². The molecule has 2 amide bonds. The Kier molecular flexibility index (Phi) is 4.37. The van der Waals surface area contributed by atoms with Crippen molar-refractivity contribution in [2.24, 2.45) is 11.8 Å². The van der Waals surface area contributed by atoms with E-state index < -0.39 is 0 Å². The number of carbonyl (C=O) groups is 2. The number of hydrogen-bond acceptors (Lipinski definition) is 3. The van der Waals surface area contributed by atoms with Crippen molar-refractivity contribution in [1.29, 1.82) is 0 Å². The molecule has 134 valence electrons. The van der Waals surface area contributed by atoms with E-state index in [0.717, 1.165) is 18.6 Å². The minimum absolute atomic E-state index is 0.0344. The second-order valence-corrected chi connectivity index (χ2v) is 7.15. The van der Waals surface area contributed by atoms with Crippen molar-refractivity contribution in [3.8, 4) is 5.75 Å². The highest BCUT2D eigenvalue weighted by Crippen LogP contribution is 2.38. The van der Waals surface area contributed by atoms with Crippen molar-refractivity contribution in [3.63, 3.8) is 0 Å². The SMILES string of the molecule is C[C@@H]1C[C@H]1C(=O)Nc1cccc(C(=O)NC[C@H]2Cc3ccccc3O2)c1. The molecule has 3 atom stereocenters. The van der Waals surface area contributed by atoms with Crippen molar-refractivity contribution < 1.29 is 14.3 Å². The van der Waals surface area contributed by atoms with E-state index in [2.05, 4.69) is 17.6 Å². The molecule has 0 spiro atoms. The van der Waals surface area contributed by atoms with Gasteiger partial charge in [0.25, 0.3) is 5.91 Å². The summed E-state index contributed by atoms with van der Waals surface area (Å²) < 4.78 is 5.84. The summed E-state index contributed by atoms with van der Waals surface area (Å²) >= 11 is 0. The zero-order valence-corrected chi connectivity index (χ0v) is 14.7. The first kappa shape index (κ1) is 16.6. The topological polar surface area (TPSA) is 67.4 Å². The lowest BCUT2D eigenvalue weighted by molar-refractivity contribution is -0.117. The van der Waals surface area contributed by atoms with Crippen LogP contribution in [0.1, 0.15) is 29.3 Å². The molecule has 1 saturated carbocycles. The smallest absolute Gasteiger partial charge is 0.251 e. The van der Waals surface area contributed by atoms with Crippen LogP contribution in [0.4, 0.5) is 5.69 Å². The third-order valence-electron chi connectivity index (χ3n) is 5.04. The number of anilines is 1. The first-order chi connectivity index (χ1) is 12.6. The van der Waals surface area contributed by atoms with Crippen LogP contribution in [0.5, 0.6) is 5.75 Å². The third kappa shape index (κ3) is 3.57. The lowest BCUT2D eigenvalue weighted by Crippen LogP contribution is -2.34. The molecule has 1 aliphatic heterocycles. The fourth-order valence-corrected chi connectivity index (χ4v) is 3.34. The van der Waals surface area contributed by atoms with Crippen LogP contribution in [-0.2, 0) is 11.2 Å². The Morgan fingerprint density at radius 3 is 2.73 bits per heavy atom. The Bertz CT molecular complexity index is 824. The van der Waals surface area contributed by atoms with Gasteiger partial charge in [-0.25, -0.2) is 0 Å². The van der Waals surface area contributed by atoms with Crippen LogP contribution in [0.15, 0.2) is 48.5 Å². The maximum Gasteiger partial charge on any atom is 0.251 e. The largest absolute Gasteiger partial charge is 0.488 e. The van der Waals surface area contributed by atoms with Crippen LogP contribution in [0.3, 0.4) is 0 Å². The minimum Gasteiger partial charge on any atom is -0.488 e. The monoisotopic (exact) mass is 350 g/mol. The van der Waals surface area contributed by atoms with Gasteiger partial charge in [0.2, 0.25) is 5.91 Å². The maximum absolute atomic E-state index is 12.4. The molecule has 2 N–H and O–H groups in total. The summed E-state index contributed by atoms with van der Waals surface area (Å²) in [5, 5.41) is 5.82.